The van der Waals surface area contributed by atoms with Crippen molar-refractivity contribution in [2.24, 2.45) is 0 Å². The smallest absolute Gasteiger partial charge is 0.242 e. The number of rotatable bonds is 5. The first kappa shape index (κ1) is 15.6. The summed E-state index contributed by atoms with van der Waals surface area (Å²) in [5, 5.41) is 0.840. The Bertz CT molecular complexity index is 863. The topological polar surface area (TPSA) is 89.3 Å². The van der Waals surface area contributed by atoms with Crippen LogP contribution in [-0.4, -0.2) is 18.0 Å². The highest BCUT2D eigenvalue weighted by Crippen LogP contribution is 2.22. The van der Waals surface area contributed by atoms with Crippen molar-refractivity contribution in [3.63, 3.8) is 0 Å². The molecule has 0 aliphatic carbocycles. The molecule has 0 radical (unpaired) electrons. The molecule has 0 aliphatic rings. The summed E-state index contributed by atoms with van der Waals surface area (Å²) in [5.41, 5.74) is 14.6. The second-order valence-corrected chi connectivity index (χ2v) is 5.33. The van der Waals surface area contributed by atoms with Gasteiger partial charge in [-0.25, -0.2) is 0 Å². The Morgan fingerprint density at radius 2 is 1.96 bits per heavy atom. The number of nitrogen functional groups attached to an aromatic ring is 1. The first-order chi connectivity index (χ1) is 11.7. The van der Waals surface area contributed by atoms with Gasteiger partial charge in [-0.15, -0.1) is 0 Å². The highest BCUT2D eigenvalue weighted by Gasteiger charge is 2.05. The van der Waals surface area contributed by atoms with Crippen LogP contribution in [0.4, 0.5) is 11.4 Å². The maximum atomic E-state index is 12.0. The van der Waals surface area contributed by atoms with Gasteiger partial charge in [-0.3, -0.25) is 20.6 Å². The summed E-state index contributed by atoms with van der Waals surface area (Å²) in [7, 11) is 1.61. The Balaban J connectivity index is 1.62. The van der Waals surface area contributed by atoms with Crippen LogP contribution in [0.2, 0.25) is 0 Å². The van der Waals surface area contributed by atoms with E-state index in [2.05, 4.69) is 15.8 Å². The van der Waals surface area contributed by atoms with Crippen LogP contribution in [0.25, 0.3) is 10.9 Å². The number of hydrogen-bond donors (Lipinski definition) is 3. The predicted octanol–water partition coefficient (Wildman–Crippen LogP) is 2.51. The van der Waals surface area contributed by atoms with Gasteiger partial charge in [-0.1, -0.05) is 12.1 Å². The molecule has 0 saturated carbocycles. The van der Waals surface area contributed by atoms with Crippen molar-refractivity contribution < 1.29 is 9.53 Å². The van der Waals surface area contributed by atoms with Gasteiger partial charge in [0.25, 0.3) is 0 Å². The fraction of sp³-hybridized carbons (Fsp3) is 0.111. The maximum absolute atomic E-state index is 12.0. The Labute approximate surface area is 139 Å². The highest BCUT2D eigenvalue weighted by atomic mass is 16.5. The number of hydrogen-bond acceptors (Lipinski definition) is 5. The molecular weight excluding hydrogens is 304 g/mol. The average molecular weight is 322 g/mol. The second-order valence-electron chi connectivity index (χ2n) is 5.33. The van der Waals surface area contributed by atoms with E-state index in [4.69, 9.17) is 10.5 Å². The lowest BCUT2D eigenvalue weighted by atomic mass is 10.1. The molecule has 122 valence electrons. The van der Waals surface area contributed by atoms with Crippen LogP contribution >= 0.6 is 0 Å². The maximum Gasteiger partial charge on any atom is 0.242 e. The number of carbonyl (C=O) groups excluding carboxylic acids is 1. The number of aromatic nitrogens is 1. The molecule has 1 amide bonds. The molecule has 3 aromatic rings. The van der Waals surface area contributed by atoms with Crippen LogP contribution in [-0.2, 0) is 11.2 Å². The van der Waals surface area contributed by atoms with Gasteiger partial charge in [0.1, 0.15) is 5.75 Å². The third-order valence-electron chi connectivity index (χ3n) is 3.65. The molecule has 3 rings (SSSR count). The molecule has 0 spiro atoms. The minimum Gasteiger partial charge on any atom is -0.497 e. The van der Waals surface area contributed by atoms with Crippen LogP contribution in [0.15, 0.2) is 54.7 Å². The van der Waals surface area contributed by atoms with Crippen LogP contribution < -0.4 is 21.3 Å². The number of ether oxygens (including phenoxy) is 1. The summed E-state index contributed by atoms with van der Waals surface area (Å²) in [6.07, 6.45) is 1.94. The molecule has 6 heteroatoms. The lowest BCUT2D eigenvalue weighted by molar-refractivity contribution is -0.119. The van der Waals surface area contributed by atoms with Gasteiger partial charge in [-0.2, -0.15) is 0 Å². The number of anilines is 2. The summed E-state index contributed by atoms with van der Waals surface area (Å²) in [5.74, 6) is 0.624. The van der Waals surface area contributed by atoms with Gasteiger partial charge in [-0.05, 0) is 42.0 Å². The largest absolute Gasteiger partial charge is 0.497 e. The fourth-order valence-corrected chi connectivity index (χ4v) is 2.36. The third-order valence-corrected chi connectivity index (χ3v) is 3.65. The van der Waals surface area contributed by atoms with Crippen LogP contribution in [0.5, 0.6) is 5.75 Å². The van der Waals surface area contributed by atoms with Gasteiger partial charge in [0.15, 0.2) is 0 Å². The zero-order chi connectivity index (χ0) is 16.9. The Morgan fingerprint density at radius 1 is 1.17 bits per heavy atom. The predicted molar refractivity (Wildman–Crippen MR) is 94.6 cm³/mol. The number of benzene rings is 2. The summed E-state index contributed by atoms with van der Waals surface area (Å²) in [4.78, 5) is 16.3. The van der Waals surface area contributed by atoms with E-state index in [-0.39, 0.29) is 12.3 Å². The molecule has 4 N–H and O–H groups in total. The van der Waals surface area contributed by atoms with Crippen LogP contribution in [0.1, 0.15) is 5.56 Å². The second kappa shape index (κ2) is 6.87. The summed E-state index contributed by atoms with van der Waals surface area (Å²) in [6, 6.07) is 14.7. The summed E-state index contributed by atoms with van der Waals surface area (Å²) in [6.45, 7) is 0. The number of amides is 1. The molecule has 24 heavy (non-hydrogen) atoms. The standard InChI is InChI=1S/C18H18N4O2/c1-24-14-5-2-12(3-6-14)10-18(23)22-21-13-4-7-17-15(11-13)16(19)8-9-20-17/h2-9,11,21H,10H2,1H3,(H2,19,20)(H,22,23). The Morgan fingerprint density at radius 3 is 2.71 bits per heavy atom. The van der Waals surface area contributed by atoms with E-state index in [1.807, 2.05) is 42.5 Å². The number of nitrogens with one attached hydrogen (secondary N) is 2. The zero-order valence-corrected chi connectivity index (χ0v) is 13.2. The van der Waals surface area contributed by atoms with Gasteiger partial charge < -0.3 is 10.5 Å². The first-order valence-corrected chi connectivity index (χ1v) is 7.48. The Kier molecular flexibility index (Phi) is 4.47. The van der Waals surface area contributed by atoms with E-state index in [1.54, 1.807) is 19.4 Å². The molecule has 0 saturated heterocycles. The summed E-state index contributed by atoms with van der Waals surface area (Å²) >= 11 is 0. The normalized spacial score (nSPS) is 10.4. The van der Waals surface area contributed by atoms with Crippen LogP contribution in [0, 0.1) is 0 Å². The molecular formula is C18H18N4O2. The average Bonchev–Trinajstić information content (AvgIpc) is 2.61. The minimum atomic E-state index is -0.139. The number of methoxy groups -OCH3 is 1. The molecule has 0 atom stereocenters. The van der Waals surface area contributed by atoms with E-state index in [1.165, 1.54) is 0 Å². The number of pyridine rings is 1. The van der Waals surface area contributed by atoms with Crippen molar-refractivity contribution in [2.75, 3.05) is 18.3 Å². The van der Waals surface area contributed by atoms with Crippen molar-refractivity contribution >= 4 is 28.2 Å². The number of hydrazine groups is 1. The lowest BCUT2D eigenvalue weighted by Gasteiger charge is -2.10. The monoisotopic (exact) mass is 322 g/mol. The first-order valence-electron chi connectivity index (χ1n) is 7.48. The van der Waals surface area contributed by atoms with Gasteiger partial charge in [0.2, 0.25) is 5.91 Å². The summed E-state index contributed by atoms with van der Waals surface area (Å²) < 4.78 is 5.10. The number of nitrogens with zero attached hydrogens (tertiary/aromatic N) is 1. The molecule has 2 aromatic carbocycles. The van der Waals surface area contributed by atoms with Crippen LogP contribution in [0.3, 0.4) is 0 Å². The molecule has 0 aliphatic heterocycles. The number of fused-ring (bicyclic) bond motifs is 1. The molecule has 0 bridgehead atoms. The lowest BCUT2D eigenvalue weighted by Crippen LogP contribution is -2.30. The highest BCUT2D eigenvalue weighted by molar-refractivity contribution is 5.92. The molecule has 0 unspecified atom stereocenters. The van der Waals surface area contributed by atoms with Gasteiger partial charge >= 0.3 is 0 Å². The van der Waals surface area contributed by atoms with Gasteiger partial charge in [0, 0.05) is 17.3 Å². The van der Waals surface area contributed by atoms with E-state index in [9.17, 15) is 4.79 Å². The SMILES string of the molecule is COc1ccc(CC(=O)NNc2ccc3nccc(N)c3c2)cc1. The van der Waals surface area contributed by atoms with Gasteiger partial charge in [0.05, 0.1) is 24.7 Å². The van der Waals surface area contributed by atoms with E-state index >= 15 is 0 Å². The Hall–Kier alpha value is -3.28. The van der Waals surface area contributed by atoms with Crippen molar-refractivity contribution in [1.29, 1.82) is 0 Å². The minimum absolute atomic E-state index is 0.139. The number of nitrogens with two attached hydrogens (primary N) is 1. The quantitative estimate of drug-likeness (QED) is 0.628. The molecule has 1 heterocycles. The number of carbonyl (C=O) groups is 1. The van der Waals surface area contributed by atoms with Crippen molar-refractivity contribution in [2.45, 2.75) is 6.42 Å². The molecule has 6 nitrogen and oxygen atoms in total. The fourth-order valence-electron chi connectivity index (χ4n) is 2.36. The molecule has 1 aromatic heterocycles. The van der Waals surface area contributed by atoms with Crippen molar-refractivity contribution in [3.05, 3.63) is 60.3 Å². The van der Waals surface area contributed by atoms with Crippen molar-refractivity contribution in [1.82, 2.24) is 10.4 Å². The molecule has 0 fully saturated rings. The third kappa shape index (κ3) is 3.55. The van der Waals surface area contributed by atoms with E-state index in [0.717, 1.165) is 27.9 Å². The van der Waals surface area contributed by atoms with E-state index in [0.29, 0.717) is 5.69 Å². The van der Waals surface area contributed by atoms with E-state index < -0.39 is 0 Å². The zero-order valence-electron chi connectivity index (χ0n) is 13.2. The van der Waals surface area contributed by atoms with Crippen molar-refractivity contribution in [3.8, 4) is 5.75 Å².